The van der Waals surface area contributed by atoms with Gasteiger partial charge in [-0.25, -0.2) is 9.97 Å². The first-order chi connectivity index (χ1) is 10.6. The Labute approximate surface area is 135 Å². The van der Waals surface area contributed by atoms with Crippen molar-refractivity contribution in [2.75, 3.05) is 5.32 Å². The molecule has 1 aromatic carbocycles. The van der Waals surface area contributed by atoms with Gasteiger partial charge in [0.25, 0.3) is 0 Å². The second-order valence-corrected chi connectivity index (χ2v) is 6.59. The molecule has 2 heterocycles. The van der Waals surface area contributed by atoms with E-state index in [1.165, 1.54) is 11.3 Å². The molecule has 0 saturated heterocycles. The molecule has 0 aliphatic rings. The van der Waals surface area contributed by atoms with Crippen molar-refractivity contribution in [1.29, 1.82) is 0 Å². The van der Waals surface area contributed by atoms with E-state index in [2.05, 4.69) is 15.3 Å². The highest BCUT2D eigenvalue weighted by atomic mass is 32.1. The first-order valence-corrected chi connectivity index (χ1v) is 8.32. The van der Waals surface area contributed by atoms with Crippen LogP contribution in [0.2, 0.25) is 0 Å². The van der Waals surface area contributed by atoms with Gasteiger partial charge in [0, 0.05) is 22.0 Å². The lowest BCUT2D eigenvalue weighted by Crippen LogP contribution is -2.00. The molecule has 0 spiro atoms. The smallest absolute Gasteiger partial charge is 0.309 e. The zero-order valence-corrected chi connectivity index (χ0v) is 13.4. The fourth-order valence-corrected chi connectivity index (χ4v) is 3.30. The summed E-state index contributed by atoms with van der Waals surface area (Å²) in [6, 6.07) is 7.93. The zero-order valence-electron chi connectivity index (χ0n) is 11.7. The number of hydrogen-bond acceptors (Lipinski definition) is 6. The van der Waals surface area contributed by atoms with Crippen LogP contribution in [0.3, 0.4) is 0 Å². The van der Waals surface area contributed by atoms with Crippen molar-refractivity contribution < 1.29 is 9.90 Å². The summed E-state index contributed by atoms with van der Waals surface area (Å²) in [6.45, 7) is 1.99. The predicted molar refractivity (Wildman–Crippen MR) is 89.0 cm³/mol. The minimum atomic E-state index is -0.875. The average Bonchev–Trinajstić information content (AvgIpc) is 3.09. The van der Waals surface area contributed by atoms with Gasteiger partial charge >= 0.3 is 5.97 Å². The van der Waals surface area contributed by atoms with Crippen molar-refractivity contribution in [3.05, 3.63) is 45.7 Å². The van der Waals surface area contributed by atoms with E-state index in [9.17, 15) is 4.79 Å². The Balaban J connectivity index is 1.70. The van der Waals surface area contributed by atoms with Gasteiger partial charge in [-0.1, -0.05) is 12.1 Å². The van der Waals surface area contributed by atoms with Crippen molar-refractivity contribution in [3.8, 4) is 11.3 Å². The summed E-state index contributed by atoms with van der Waals surface area (Å²) in [5.41, 5.74) is 3.52. The lowest BCUT2D eigenvalue weighted by molar-refractivity contribution is -0.136. The van der Waals surface area contributed by atoms with Crippen LogP contribution in [0, 0.1) is 6.92 Å². The van der Waals surface area contributed by atoms with E-state index in [0.717, 1.165) is 22.0 Å². The van der Waals surface area contributed by atoms with E-state index >= 15 is 0 Å². The number of benzene rings is 1. The van der Waals surface area contributed by atoms with Crippen LogP contribution in [-0.2, 0) is 11.2 Å². The molecule has 0 radical (unpaired) electrons. The van der Waals surface area contributed by atoms with Crippen LogP contribution in [0.15, 0.2) is 35.0 Å². The van der Waals surface area contributed by atoms with E-state index in [1.807, 2.05) is 36.6 Å². The maximum Gasteiger partial charge on any atom is 0.309 e. The van der Waals surface area contributed by atoms with Gasteiger partial charge in [-0.05, 0) is 19.1 Å². The molecular weight excluding hydrogens is 318 g/mol. The van der Waals surface area contributed by atoms with E-state index in [0.29, 0.717) is 10.8 Å². The maximum absolute atomic E-state index is 10.6. The quantitative estimate of drug-likeness (QED) is 0.740. The second-order valence-electron chi connectivity index (χ2n) is 4.67. The Kier molecular flexibility index (Phi) is 4.17. The van der Waals surface area contributed by atoms with E-state index < -0.39 is 5.97 Å². The molecule has 0 unspecified atom stereocenters. The molecule has 112 valence electrons. The summed E-state index contributed by atoms with van der Waals surface area (Å²) in [6.07, 6.45) is -0.0553. The van der Waals surface area contributed by atoms with Crippen LogP contribution >= 0.6 is 22.7 Å². The number of carboxylic acids is 1. The van der Waals surface area contributed by atoms with Crippen LogP contribution in [0.1, 0.15) is 10.7 Å². The number of nitrogens with zero attached hydrogens (tertiary/aromatic N) is 2. The molecule has 0 saturated carbocycles. The Bertz CT molecular complexity index is 793. The number of carboxylic acid groups (broad SMARTS) is 1. The van der Waals surface area contributed by atoms with Gasteiger partial charge in [0.2, 0.25) is 0 Å². The molecule has 0 fully saturated rings. The number of aryl methyl sites for hydroxylation is 1. The first-order valence-electron chi connectivity index (χ1n) is 6.56. The Morgan fingerprint density at radius 3 is 2.59 bits per heavy atom. The van der Waals surface area contributed by atoms with Crippen molar-refractivity contribution >= 4 is 39.5 Å². The molecule has 0 aliphatic carbocycles. The number of aromatic nitrogens is 2. The largest absolute Gasteiger partial charge is 0.481 e. The summed E-state index contributed by atoms with van der Waals surface area (Å²) in [7, 11) is 0. The van der Waals surface area contributed by atoms with E-state index in [1.54, 1.807) is 16.7 Å². The number of anilines is 2. The predicted octanol–water partition coefficient (Wildman–Crippen LogP) is 3.95. The molecule has 0 atom stereocenters. The molecule has 22 heavy (non-hydrogen) atoms. The third-order valence-corrected chi connectivity index (χ3v) is 4.52. The Morgan fingerprint density at radius 2 is 1.95 bits per heavy atom. The lowest BCUT2D eigenvalue weighted by Gasteiger charge is -2.03. The van der Waals surface area contributed by atoms with Crippen LogP contribution in [0.25, 0.3) is 11.3 Å². The van der Waals surface area contributed by atoms with Gasteiger partial charge in [0.05, 0.1) is 22.8 Å². The van der Waals surface area contributed by atoms with Gasteiger partial charge in [0.1, 0.15) is 0 Å². The highest BCUT2D eigenvalue weighted by Gasteiger charge is 2.07. The SMILES string of the molecule is Cc1nc(-c2ccc(Nc3nc(CC(=O)O)cs3)cc2)cs1. The maximum atomic E-state index is 10.6. The third-order valence-electron chi connectivity index (χ3n) is 2.94. The van der Waals surface area contributed by atoms with Crippen LogP contribution in [0.5, 0.6) is 0 Å². The average molecular weight is 331 g/mol. The molecule has 5 nitrogen and oxygen atoms in total. The van der Waals surface area contributed by atoms with Gasteiger partial charge in [-0.2, -0.15) is 0 Å². The summed E-state index contributed by atoms with van der Waals surface area (Å²) in [4.78, 5) is 19.4. The molecule has 7 heteroatoms. The monoisotopic (exact) mass is 331 g/mol. The zero-order chi connectivity index (χ0) is 15.5. The Hall–Kier alpha value is -2.25. The van der Waals surface area contributed by atoms with Crippen molar-refractivity contribution in [2.45, 2.75) is 13.3 Å². The van der Waals surface area contributed by atoms with Crippen LogP contribution < -0.4 is 5.32 Å². The van der Waals surface area contributed by atoms with E-state index in [4.69, 9.17) is 5.11 Å². The molecular formula is C15H13N3O2S2. The van der Waals surface area contributed by atoms with Gasteiger partial charge in [-0.3, -0.25) is 4.79 Å². The first kappa shape index (κ1) is 14.7. The van der Waals surface area contributed by atoms with Gasteiger partial charge < -0.3 is 10.4 Å². The number of hydrogen-bond donors (Lipinski definition) is 2. The molecule has 0 amide bonds. The Morgan fingerprint density at radius 1 is 1.18 bits per heavy atom. The molecule has 0 aliphatic heterocycles. The van der Waals surface area contributed by atoms with Crippen LogP contribution in [-0.4, -0.2) is 21.0 Å². The summed E-state index contributed by atoms with van der Waals surface area (Å²) in [5, 5.41) is 17.5. The highest BCUT2D eigenvalue weighted by molar-refractivity contribution is 7.13. The molecule has 2 aromatic heterocycles. The van der Waals surface area contributed by atoms with E-state index in [-0.39, 0.29) is 6.42 Å². The van der Waals surface area contributed by atoms with Gasteiger partial charge in [-0.15, -0.1) is 22.7 Å². The minimum Gasteiger partial charge on any atom is -0.481 e. The number of nitrogens with one attached hydrogen (secondary N) is 1. The number of rotatable bonds is 5. The standard InChI is InChI=1S/C15H13N3O2S2/c1-9-16-13(8-21-9)10-2-4-11(5-3-10)17-15-18-12(7-22-15)6-14(19)20/h2-5,7-8H,6H2,1H3,(H,17,18)(H,19,20). The van der Waals surface area contributed by atoms with Crippen molar-refractivity contribution in [2.24, 2.45) is 0 Å². The second kappa shape index (κ2) is 6.25. The fourth-order valence-electron chi connectivity index (χ4n) is 1.94. The fraction of sp³-hybridized carbons (Fsp3) is 0.133. The summed E-state index contributed by atoms with van der Waals surface area (Å²) in [5.74, 6) is -0.875. The summed E-state index contributed by atoms with van der Waals surface area (Å²) < 4.78 is 0. The van der Waals surface area contributed by atoms with Crippen LogP contribution in [0.4, 0.5) is 10.8 Å². The number of aliphatic carboxylic acids is 1. The van der Waals surface area contributed by atoms with Crippen molar-refractivity contribution in [1.82, 2.24) is 9.97 Å². The molecule has 0 bridgehead atoms. The topological polar surface area (TPSA) is 75.1 Å². The molecule has 3 rings (SSSR count). The lowest BCUT2D eigenvalue weighted by atomic mass is 10.1. The molecule has 2 N–H and O–H groups in total. The minimum absolute atomic E-state index is 0.0553. The summed E-state index contributed by atoms with van der Waals surface area (Å²) >= 11 is 3.02. The normalized spacial score (nSPS) is 10.6. The molecule has 3 aromatic rings. The third kappa shape index (κ3) is 3.49. The number of carbonyl (C=O) groups is 1. The highest BCUT2D eigenvalue weighted by Crippen LogP contribution is 2.25. The number of thiazole rings is 2. The van der Waals surface area contributed by atoms with Gasteiger partial charge in [0.15, 0.2) is 5.13 Å². The van der Waals surface area contributed by atoms with Crippen molar-refractivity contribution in [3.63, 3.8) is 0 Å².